The highest BCUT2D eigenvalue weighted by molar-refractivity contribution is 7.95. The molecule has 0 rings (SSSR count). The van der Waals surface area contributed by atoms with Gasteiger partial charge in [0, 0.05) is 6.26 Å². The van der Waals surface area contributed by atoms with E-state index in [4.69, 9.17) is 23.2 Å². The summed E-state index contributed by atoms with van der Waals surface area (Å²) in [5, 5.41) is 9.61. The molecular formula is C7H14Cl2O3S. The Balaban J connectivity index is 5.09. The lowest BCUT2D eigenvalue weighted by Gasteiger charge is -2.33. The largest absolute Gasteiger partial charge is 0.388 e. The van der Waals surface area contributed by atoms with E-state index in [1.54, 1.807) is 20.8 Å². The number of rotatable bonds is 2. The SMILES string of the molecule is CC(C)(C)[C@@H](O)C(Cl)(Cl)S(C)(=O)=O. The molecule has 0 saturated heterocycles. The summed E-state index contributed by atoms with van der Waals surface area (Å²) in [6, 6.07) is 0. The molecule has 0 saturated carbocycles. The lowest BCUT2D eigenvalue weighted by molar-refractivity contribution is 0.0663. The fourth-order valence-corrected chi connectivity index (χ4v) is 2.12. The van der Waals surface area contributed by atoms with Crippen LogP contribution in [0.25, 0.3) is 0 Å². The second-order valence-corrected chi connectivity index (χ2v) is 8.12. The molecule has 0 aliphatic carbocycles. The van der Waals surface area contributed by atoms with Crippen molar-refractivity contribution in [2.24, 2.45) is 5.41 Å². The Bertz CT molecular complexity index is 277. The van der Waals surface area contributed by atoms with Gasteiger partial charge in [0.25, 0.3) is 0 Å². The van der Waals surface area contributed by atoms with Gasteiger partial charge in [0.15, 0.2) is 9.84 Å². The Morgan fingerprint density at radius 2 is 1.54 bits per heavy atom. The molecule has 0 heterocycles. The zero-order valence-electron chi connectivity index (χ0n) is 8.01. The molecule has 0 bridgehead atoms. The van der Waals surface area contributed by atoms with Crippen molar-refractivity contribution < 1.29 is 13.5 Å². The lowest BCUT2D eigenvalue weighted by atomic mass is 9.90. The lowest BCUT2D eigenvalue weighted by Crippen LogP contribution is -2.46. The zero-order chi connectivity index (χ0) is 11.1. The van der Waals surface area contributed by atoms with Gasteiger partial charge in [0.05, 0.1) is 0 Å². The van der Waals surface area contributed by atoms with Crippen LogP contribution in [0, 0.1) is 5.41 Å². The first kappa shape index (κ1) is 13.5. The van der Waals surface area contributed by atoms with E-state index in [2.05, 4.69) is 0 Å². The van der Waals surface area contributed by atoms with E-state index in [0.29, 0.717) is 0 Å². The summed E-state index contributed by atoms with van der Waals surface area (Å²) in [7, 11) is -3.70. The first-order valence-corrected chi connectivity index (χ1v) is 6.31. The number of hydrogen-bond acceptors (Lipinski definition) is 3. The van der Waals surface area contributed by atoms with E-state index < -0.39 is 25.0 Å². The summed E-state index contributed by atoms with van der Waals surface area (Å²) in [4.78, 5) is 0. The van der Waals surface area contributed by atoms with Crippen molar-refractivity contribution in [1.29, 1.82) is 0 Å². The van der Waals surface area contributed by atoms with E-state index in [0.717, 1.165) is 6.26 Å². The second kappa shape index (κ2) is 3.57. The maximum atomic E-state index is 11.1. The third-order valence-corrected chi connectivity index (χ3v) is 4.94. The minimum Gasteiger partial charge on any atom is -0.388 e. The van der Waals surface area contributed by atoms with Gasteiger partial charge in [-0.3, -0.25) is 0 Å². The molecule has 0 fully saturated rings. The summed E-state index contributed by atoms with van der Waals surface area (Å²) >= 11 is 11.1. The van der Waals surface area contributed by atoms with Gasteiger partial charge < -0.3 is 5.11 Å². The van der Waals surface area contributed by atoms with Crippen molar-refractivity contribution >= 4 is 33.0 Å². The van der Waals surface area contributed by atoms with Crippen molar-refractivity contribution in [3.05, 3.63) is 0 Å². The van der Waals surface area contributed by atoms with Gasteiger partial charge in [-0.15, -0.1) is 0 Å². The molecule has 0 amide bonds. The minimum atomic E-state index is -3.70. The Morgan fingerprint density at radius 1 is 1.23 bits per heavy atom. The van der Waals surface area contributed by atoms with Gasteiger partial charge in [-0.1, -0.05) is 44.0 Å². The highest BCUT2D eigenvalue weighted by atomic mass is 35.5. The molecule has 0 aliphatic heterocycles. The topological polar surface area (TPSA) is 54.4 Å². The number of sulfone groups is 1. The van der Waals surface area contributed by atoms with Crippen LogP contribution in [0.4, 0.5) is 0 Å². The van der Waals surface area contributed by atoms with Crippen LogP contribution >= 0.6 is 23.2 Å². The van der Waals surface area contributed by atoms with Crippen LogP contribution in [0.3, 0.4) is 0 Å². The third-order valence-electron chi connectivity index (χ3n) is 1.63. The Labute approximate surface area is 89.0 Å². The first-order chi connectivity index (χ1) is 5.40. The molecule has 1 N–H and O–H groups in total. The summed E-state index contributed by atoms with van der Waals surface area (Å²) in [5.74, 6) is 0. The molecule has 3 nitrogen and oxygen atoms in total. The van der Waals surface area contributed by atoms with Gasteiger partial charge in [-0.2, -0.15) is 0 Å². The quantitative estimate of drug-likeness (QED) is 0.756. The number of aliphatic hydroxyl groups is 1. The zero-order valence-corrected chi connectivity index (χ0v) is 10.3. The van der Waals surface area contributed by atoms with Gasteiger partial charge in [0.2, 0.25) is 3.67 Å². The maximum absolute atomic E-state index is 11.1. The van der Waals surface area contributed by atoms with Crippen LogP contribution in [0.15, 0.2) is 0 Å². The molecule has 80 valence electrons. The molecular weight excluding hydrogens is 235 g/mol. The van der Waals surface area contributed by atoms with Crippen molar-refractivity contribution in [2.45, 2.75) is 30.5 Å². The van der Waals surface area contributed by atoms with E-state index in [9.17, 15) is 13.5 Å². The molecule has 0 aliphatic rings. The van der Waals surface area contributed by atoms with Crippen molar-refractivity contribution in [3.8, 4) is 0 Å². The average Bonchev–Trinajstić information content (AvgIpc) is 1.81. The number of aliphatic hydroxyl groups excluding tert-OH is 1. The van der Waals surface area contributed by atoms with Crippen LogP contribution in [0.2, 0.25) is 0 Å². The summed E-state index contributed by atoms with van der Waals surface area (Å²) < 4.78 is 20.1. The second-order valence-electron chi connectivity index (χ2n) is 4.10. The smallest absolute Gasteiger partial charge is 0.243 e. The van der Waals surface area contributed by atoms with Gasteiger partial charge in [-0.05, 0) is 5.41 Å². The van der Waals surface area contributed by atoms with Crippen LogP contribution in [0.5, 0.6) is 0 Å². The predicted molar refractivity (Wildman–Crippen MR) is 54.7 cm³/mol. The molecule has 6 heteroatoms. The van der Waals surface area contributed by atoms with Gasteiger partial charge in [-0.25, -0.2) is 8.42 Å². The number of halogens is 2. The van der Waals surface area contributed by atoms with Crippen LogP contribution in [-0.4, -0.2) is 29.5 Å². The highest BCUT2D eigenvalue weighted by Gasteiger charge is 2.49. The van der Waals surface area contributed by atoms with Gasteiger partial charge >= 0.3 is 0 Å². The summed E-state index contributed by atoms with van der Waals surface area (Å²) in [6.07, 6.45) is -0.444. The van der Waals surface area contributed by atoms with E-state index in [1.165, 1.54) is 0 Å². The van der Waals surface area contributed by atoms with Crippen molar-refractivity contribution in [1.82, 2.24) is 0 Å². The van der Waals surface area contributed by atoms with Crippen LogP contribution < -0.4 is 0 Å². The molecule has 0 aromatic rings. The fraction of sp³-hybridized carbons (Fsp3) is 1.00. The molecule has 1 atom stereocenters. The molecule has 0 radical (unpaired) electrons. The van der Waals surface area contributed by atoms with Crippen molar-refractivity contribution in [3.63, 3.8) is 0 Å². The monoisotopic (exact) mass is 248 g/mol. The Morgan fingerprint density at radius 3 is 1.62 bits per heavy atom. The summed E-state index contributed by atoms with van der Waals surface area (Å²) in [6.45, 7) is 4.97. The highest BCUT2D eigenvalue weighted by Crippen LogP contribution is 2.39. The molecule has 0 unspecified atom stereocenters. The first-order valence-electron chi connectivity index (χ1n) is 3.66. The molecule has 13 heavy (non-hydrogen) atoms. The number of hydrogen-bond donors (Lipinski definition) is 1. The third kappa shape index (κ3) is 2.98. The van der Waals surface area contributed by atoms with E-state index >= 15 is 0 Å². The average molecular weight is 249 g/mol. The maximum Gasteiger partial charge on any atom is 0.243 e. The Kier molecular flexibility index (Phi) is 3.71. The van der Waals surface area contributed by atoms with Gasteiger partial charge in [0.1, 0.15) is 6.10 Å². The normalized spacial score (nSPS) is 17.2. The van der Waals surface area contributed by atoms with E-state index in [-0.39, 0.29) is 0 Å². The Hall–Kier alpha value is 0.490. The molecule has 0 aromatic carbocycles. The van der Waals surface area contributed by atoms with Crippen LogP contribution in [0.1, 0.15) is 20.8 Å². The molecule has 0 aromatic heterocycles. The van der Waals surface area contributed by atoms with Crippen LogP contribution in [-0.2, 0) is 9.84 Å². The standard InChI is InChI=1S/C7H14Cl2O3S/c1-6(2,3)5(10)7(8,9)13(4,11)12/h5,10H,1-4H3/t5-/m1/s1. The number of alkyl halides is 2. The van der Waals surface area contributed by atoms with Crippen molar-refractivity contribution in [2.75, 3.05) is 6.26 Å². The van der Waals surface area contributed by atoms with E-state index in [1.807, 2.05) is 0 Å². The fourth-order valence-electron chi connectivity index (χ4n) is 0.707. The molecule has 0 spiro atoms. The minimum absolute atomic E-state index is 0.688. The predicted octanol–water partition coefficient (Wildman–Crippen LogP) is 1.57. The summed E-state index contributed by atoms with van der Waals surface area (Å²) in [5.41, 5.74) is -0.688.